The molecule has 1 heterocycles. The second-order valence-corrected chi connectivity index (χ2v) is 5.46. The Bertz CT molecular complexity index is 678. The molecule has 5 heteroatoms. The Balaban J connectivity index is 1.83. The van der Waals surface area contributed by atoms with Gasteiger partial charge in [-0.15, -0.1) is 6.58 Å². The zero-order valence-corrected chi connectivity index (χ0v) is 14.6. The van der Waals surface area contributed by atoms with E-state index in [9.17, 15) is 4.79 Å². The molecule has 1 aromatic carbocycles. The van der Waals surface area contributed by atoms with Crippen LogP contribution in [-0.4, -0.2) is 25.7 Å². The summed E-state index contributed by atoms with van der Waals surface area (Å²) in [5.74, 6) is 1.46. The van der Waals surface area contributed by atoms with E-state index in [4.69, 9.17) is 13.9 Å². The SMILES string of the molecule is C=CCc1ccccc1OCc1ccc(C(=O)NCCCOCC)o1. The molecule has 0 aliphatic heterocycles. The van der Waals surface area contributed by atoms with Gasteiger partial charge in [0.05, 0.1) is 0 Å². The molecule has 0 saturated heterocycles. The van der Waals surface area contributed by atoms with Crippen molar-refractivity contribution in [1.82, 2.24) is 5.32 Å². The predicted molar refractivity (Wildman–Crippen MR) is 96.8 cm³/mol. The molecule has 1 aromatic heterocycles. The molecule has 0 aliphatic rings. The second-order valence-electron chi connectivity index (χ2n) is 5.46. The molecule has 0 fully saturated rings. The minimum Gasteiger partial charge on any atom is -0.485 e. The van der Waals surface area contributed by atoms with E-state index in [1.807, 2.05) is 37.3 Å². The summed E-state index contributed by atoms with van der Waals surface area (Å²) in [6, 6.07) is 11.2. The lowest BCUT2D eigenvalue weighted by atomic mass is 10.1. The van der Waals surface area contributed by atoms with Crippen molar-refractivity contribution < 1.29 is 18.7 Å². The van der Waals surface area contributed by atoms with Crippen molar-refractivity contribution in [2.24, 2.45) is 0 Å². The van der Waals surface area contributed by atoms with Gasteiger partial charge in [0.15, 0.2) is 5.76 Å². The number of allylic oxidation sites excluding steroid dienone is 1. The van der Waals surface area contributed by atoms with Gasteiger partial charge in [-0.3, -0.25) is 4.79 Å². The van der Waals surface area contributed by atoms with Crippen LogP contribution in [0.25, 0.3) is 0 Å². The van der Waals surface area contributed by atoms with Gasteiger partial charge in [-0.1, -0.05) is 24.3 Å². The fourth-order valence-corrected chi connectivity index (χ4v) is 2.30. The van der Waals surface area contributed by atoms with E-state index in [1.165, 1.54) is 0 Å². The van der Waals surface area contributed by atoms with Gasteiger partial charge in [0, 0.05) is 19.8 Å². The van der Waals surface area contributed by atoms with Gasteiger partial charge in [0.25, 0.3) is 5.91 Å². The molecule has 1 N–H and O–H groups in total. The Kier molecular flexibility index (Phi) is 7.79. The van der Waals surface area contributed by atoms with Crippen molar-refractivity contribution in [2.75, 3.05) is 19.8 Å². The van der Waals surface area contributed by atoms with Gasteiger partial charge in [-0.2, -0.15) is 0 Å². The third kappa shape index (κ3) is 6.12. The van der Waals surface area contributed by atoms with Crippen LogP contribution >= 0.6 is 0 Å². The van der Waals surface area contributed by atoms with Crippen LogP contribution < -0.4 is 10.1 Å². The van der Waals surface area contributed by atoms with E-state index >= 15 is 0 Å². The second kappa shape index (κ2) is 10.4. The lowest BCUT2D eigenvalue weighted by molar-refractivity contribution is 0.0912. The normalized spacial score (nSPS) is 10.4. The molecule has 2 rings (SSSR count). The number of carbonyl (C=O) groups excluding carboxylic acids is 1. The molecule has 0 unspecified atom stereocenters. The van der Waals surface area contributed by atoms with E-state index < -0.39 is 0 Å². The Morgan fingerprint density at radius 1 is 1.28 bits per heavy atom. The lowest BCUT2D eigenvalue weighted by Gasteiger charge is -2.09. The fraction of sp³-hybridized carbons (Fsp3) is 0.350. The molecular weight excluding hydrogens is 318 g/mol. The Morgan fingerprint density at radius 2 is 2.12 bits per heavy atom. The Hall–Kier alpha value is -2.53. The van der Waals surface area contributed by atoms with E-state index in [-0.39, 0.29) is 18.3 Å². The van der Waals surface area contributed by atoms with Gasteiger partial charge >= 0.3 is 0 Å². The molecule has 0 spiro atoms. The fourth-order valence-electron chi connectivity index (χ4n) is 2.30. The molecular formula is C20H25NO4. The van der Waals surface area contributed by atoms with Gasteiger partial charge in [0.2, 0.25) is 0 Å². The van der Waals surface area contributed by atoms with Crippen LogP contribution in [0, 0.1) is 0 Å². The third-order valence-electron chi connectivity index (χ3n) is 3.55. The number of para-hydroxylation sites is 1. The molecule has 0 saturated carbocycles. The highest BCUT2D eigenvalue weighted by molar-refractivity contribution is 5.91. The van der Waals surface area contributed by atoms with Crippen molar-refractivity contribution in [2.45, 2.75) is 26.4 Å². The van der Waals surface area contributed by atoms with E-state index in [0.717, 1.165) is 24.2 Å². The molecule has 5 nitrogen and oxygen atoms in total. The average Bonchev–Trinajstić information content (AvgIpc) is 3.10. The highest BCUT2D eigenvalue weighted by Crippen LogP contribution is 2.20. The van der Waals surface area contributed by atoms with Crippen LogP contribution in [0.4, 0.5) is 0 Å². The van der Waals surface area contributed by atoms with Crippen LogP contribution in [0.5, 0.6) is 5.75 Å². The van der Waals surface area contributed by atoms with E-state index in [2.05, 4.69) is 11.9 Å². The first-order valence-corrected chi connectivity index (χ1v) is 8.50. The standard InChI is InChI=1S/C20H25NO4/c1-3-8-16-9-5-6-10-18(16)24-15-17-11-12-19(25-17)20(22)21-13-7-14-23-4-2/h3,5-6,9-12H,1,4,7-8,13-15H2,2H3,(H,21,22). The van der Waals surface area contributed by atoms with Gasteiger partial charge in [-0.25, -0.2) is 0 Å². The van der Waals surface area contributed by atoms with E-state index in [0.29, 0.717) is 25.5 Å². The molecule has 0 radical (unpaired) electrons. The van der Waals surface area contributed by atoms with Crippen LogP contribution in [0.1, 0.15) is 35.2 Å². The van der Waals surface area contributed by atoms with Crippen molar-refractivity contribution in [3.63, 3.8) is 0 Å². The maximum atomic E-state index is 12.0. The summed E-state index contributed by atoms with van der Waals surface area (Å²) in [6.45, 7) is 7.85. The number of furan rings is 1. The highest BCUT2D eigenvalue weighted by Gasteiger charge is 2.11. The number of hydrogen-bond acceptors (Lipinski definition) is 4. The topological polar surface area (TPSA) is 60.7 Å². The van der Waals surface area contributed by atoms with Crippen LogP contribution in [0.2, 0.25) is 0 Å². The van der Waals surface area contributed by atoms with Gasteiger partial charge < -0.3 is 19.2 Å². The van der Waals surface area contributed by atoms with Crippen molar-refractivity contribution in [3.05, 3.63) is 66.1 Å². The summed E-state index contributed by atoms with van der Waals surface area (Å²) >= 11 is 0. The molecule has 25 heavy (non-hydrogen) atoms. The van der Waals surface area contributed by atoms with Crippen LogP contribution in [-0.2, 0) is 17.8 Å². The number of benzene rings is 1. The maximum absolute atomic E-state index is 12.0. The first-order valence-electron chi connectivity index (χ1n) is 8.50. The molecule has 1 amide bonds. The summed E-state index contributed by atoms with van der Waals surface area (Å²) in [5.41, 5.74) is 1.07. The summed E-state index contributed by atoms with van der Waals surface area (Å²) in [7, 11) is 0. The highest BCUT2D eigenvalue weighted by atomic mass is 16.5. The zero-order valence-electron chi connectivity index (χ0n) is 14.6. The molecule has 2 aromatic rings. The minimum absolute atomic E-state index is 0.227. The number of hydrogen-bond donors (Lipinski definition) is 1. The minimum atomic E-state index is -0.227. The number of rotatable bonds is 11. The van der Waals surface area contributed by atoms with Crippen molar-refractivity contribution in [1.29, 1.82) is 0 Å². The van der Waals surface area contributed by atoms with Crippen LogP contribution in [0.15, 0.2) is 53.5 Å². The number of carbonyl (C=O) groups is 1. The monoisotopic (exact) mass is 343 g/mol. The summed E-state index contributed by atoms with van der Waals surface area (Å²) < 4.78 is 16.6. The third-order valence-corrected chi connectivity index (χ3v) is 3.55. The van der Waals surface area contributed by atoms with Gasteiger partial charge in [-0.05, 0) is 43.5 Å². The first kappa shape index (κ1) is 18.8. The summed E-state index contributed by atoms with van der Waals surface area (Å²) in [6.07, 6.45) is 3.35. The first-order chi connectivity index (χ1) is 12.2. The lowest BCUT2D eigenvalue weighted by Crippen LogP contribution is -2.24. The number of ether oxygens (including phenoxy) is 2. The van der Waals surface area contributed by atoms with Crippen molar-refractivity contribution in [3.8, 4) is 5.75 Å². The Labute approximate surface area is 148 Å². The van der Waals surface area contributed by atoms with E-state index in [1.54, 1.807) is 12.1 Å². The van der Waals surface area contributed by atoms with Gasteiger partial charge in [0.1, 0.15) is 18.1 Å². The molecule has 134 valence electrons. The number of amides is 1. The number of nitrogens with one attached hydrogen (secondary N) is 1. The smallest absolute Gasteiger partial charge is 0.286 e. The Morgan fingerprint density at radius 3 is 2.92 bits per heavy atom. The maximum Gasteiger partial charge on any atom is 0.286 e. The molecule has 0 bridgehead atoms. The molecule has 0 aliphatic carbocycles. The summed E-state index contributed by atoms with van der Waals surface area (Å²) in [5, 5.41) is 2.81. The zero-order chi connectivity index (χ0) is 17.9. The quantitative estimate of drug-likeness (QED) is 0.499. The largest absolute Gasteiger partial charge is 0.485 e. The predicted octanol–water partition coefficient (Wildman–Crippen LogP) is 3.74. The molecule has 0 atom stereocenters. The van der Waals surface area contributed by atoms with Crippen molar-refractivity contribution >= 4 is 5.91 Å². The average molecular weight is 343 g/mol. The summed E-state index contributed by atoms with van der Waals surface area (Å²) in [4.78, 5) is 12.0. The van der Waals surface area contributed by atoms with Crippen LogP contribution in [0.3, 0.4) is 0 Å².